The van der Waals surface area contributed by atoms with E-state index in [4.69, 9.17) is 0 Å². The molecule has 0 aliphatic rings. The van der Waals surface area contributed by atoms with Crippen LogP contribution in [0, 0.1) is 0 Å². The summed E-state index contributed by atoms with van der Waals surface area (Å²) in [4.78, 5) is 0. The number of hydrogen-bond acceptors (Lipinski definition) is 1. The zero-order valence-corrected chi connectivity index (χ0v) is 9.33. The van der Waals surface area contributed by atoms with Gasteiger partial charge in [0.1, 0.15) is 0 Å². The summed E-state index contributed by atoms with van der Waals surface area (Å²) in [5.74, 6) is 0.479. The van der Waals surface area contributed by atoms with E-state index in [0.717, 1.165) is 5.69 Å². The summed E-state index contributed by atoms with van der Waals surface area (Å²) >= 11 is 0. The molecule has 14 heavy (non-hydrogen) atoms. The normalized spacial score (nSPS) is 12.4. The van der Waals surface area contributed by atoms with Crippen LogP contribution in [0.5, 0.6) is 0 Å². The molecule has 0 aliphatic carbocycles. The fraction of sp³-hybridized carbons (Fsp3) is 0.417. The fourth-order valence-electron chi connectivity index (χ4n) is 1.45. The highest BCUT2D eigenvalue weighted by molar-refractivity contribution is 5.64. The van der Waals surface area contributed by atoms with Crippen LogP contribution in [-0.2, 0) is 0 Å². The first-order valence-corrected chi connectivity index (χ1v) is 5.04. The number of rotatable bonds is 3. The van der Waals surface area contributed by atoms with Crippen LogP contribution in [0.4, 0.5) is 0 Å². The van der Waals surface area contributed by atoms with Crippen molar-refractivity contribution in [3.05, 3.63) is 29.1 Å². The average Bonchev–Trinajstić information content (AvgIpc) is 2.50. The number of nitrogens with one attached hydrogen (secondary N) is 1. The van der Waals surface area contributed by atoms with Crippen LogP contribution in [0.2, 0.25) is 0 Å². The van der Waals surface area contributed by atoms with Crippen LogP contribution in [0.3, 0.4) is 0 Å². The molecule has 1 aromatic rings. The number of allylic oxidation sites excluding steroid dienone is 2. The first-order valence-electron chi connectivity index (χ1n) is 5.04. The zero-order chi connectivity index (χ0) is 10.6. The summed E-state index contributed by atoms with van der Waals surface area (Å²) in [6, 6.07) is 0. The lowest BCUT2D eigenvalue weighted by atomic mass is 10.0. The summed E-state index contributed by atoms with van der Waals surface area (Å²) in [5, 5.41) is 7.37. The van der Waals surface area contributed by atoms with E-state index in [9.17, 15) is 0 Å². The maximum atomic E-state index is 4.28. The van der Waals surface area contributed by atoms with Gasteiger partial charge in [0.05, 0.1) is 5.69 Å². The number of H-pyrrole nitrogens is 1. The molecule has 0 radical (unpaired) electrons. The topological polar surface area (TPSA) is 28.7 Å². The highest BCUT2D eigenvalue weighted by Gasteiger charge is 2.10. The number of aromatic nitrogens is 2. The molecule has 0 aliphatic heterocycles. The second-order valence-corrected chi connectivity index (χ2v) is 3.59. The van der Waals surface area contributed by atoms with Crippen LogP contribution in [-0.4, -0.2) is 10.2 Å². The molecule has 0 aromatic carbocycles. The lowest BCUT2D eigenvalue weighted by Gasteiger charge is -2.02. The molecule has 76 valence electrons. The second kappa shape index (κ2) is 4.80. The molecule has 1 N–H and O–H groups in total. The molecule has 1 aromatic heterocycles. The molecule has 0 saturated carbocycles. The maximum absolute atomic E-state index is 4.28. The average molecular weight is 190 g/mol. The molecule has 0 bridgehead atoms. The molecule has 0 amide bonds. The highest BCUT2D eigenvalue weighted by Crippen LogP contribution is 2.22. The van der Waals surface area contributed by atoms with Crippen LogP contribution >= 0.6 is 0 Å². The Morgan fingerprint density at radius 3 is 2.29 bits per heavy atom. The van der Waals surface area contributed by atoms with Crippen LogP contribution in [0.25, 0.3) is 12.2 Å². The van der Waals surface area contributed by atoms with Gasteiger partial charge in [-0.25, -0.2) is 0 Å². The lowest BCUT2D eigenvalue weighted by Crippen LogP contribution is -1.90. The van der Waals surface area contributed by atoms with E-state index in [1.165, 1.54) is 11.3 Å². The van der Waals surface area contributed by atoms with Crippen molar-refractivity contribution >= 4 is 12.2 Å². The molecule has 0 saturated heterocycles. The van der Waals surface area contributed by atoms with Crippen LogP contribution in [0.1, 0.15) is 50.6 Å². The minimum atomic E-state index is 0.479. The first-order chi connectivity index (χ1) is 6.70. The van der Waals surface area contributed by atoms with Gasteiger partial charge in [-0.1, -0.05) is 32.1 Å². The summed E-state index contributed by atoms with van der Waals surface area (Å²) in [5.41, 5.74) is 3.44. The van der Waals surface area contributed by atoms with Crippen LogP contribution < -0.4 is 0 Å². The van der Waals surface area contributed by atoms with Gasteiger partial charge in [0.15, 0.2) is 0 Å². The van der Waals surface area contributed by atoms with Gasteiger partial charge >= 0.3 is 0 Å². The summed E-state index contributed by atoms with van der Waals surface area (Å²) in [6.07, 6.45) is 8.18. The van der Waals surface area contributed by atoms with Gasteiger partial charge < -0.3 is 0 Å². The van der Waals surface area contributed by atoms with Crippen LogP contribution in [0.15, 0.2) is 12.2 Å². The minimum absolute atomic E-state index is 0.479. The van der Waals surface area contributed by atoms with Gasteiger partial charge in [-0.2, -0.15) is 5.10 Å². The van der Waals surface area contributed by atoms with Gasteiger partial charge in [0.2, 0.25) is 0 Å². The van der Waals surface area contributed by atoms with Crippen molar-refractivity contribution in [3.8, 4) is 0 Å². The van der Waals surface area contributed by atoms with E-state index in [1.54, 1.807) is 0 Å². The van der Waals surface area contributed by atoms with Gasteiger partial charge in [0.25, 0.3) is 0 Å². The Bertz CT molecular complexity index is 343. The number of aromatic amines is 1. The quantitative estimate of drug-likeness (QED) is 0.775. The molecule has 0 spiro atoms. The molecular formula is C12H18N2. The molecular weight excluding hydrogens is 172 g/mol. The van der Waals surface area contributed by atoms with E-state index in [0.29, 0.717) is 5.92 Å². The van der Waals surface area contributed by atoms with Crippen molar-refractivity contribution in [2.45, 2.75) is 33.6 Å². The monoisotopic (exact) mass is 190 g/mol. The zero-order valence-electron chi connectivity index (χ0n) is 9.33. The Kier molecular flexibility index (Phi) is 3.69. The molecule has 1 rings (SSSR count). The smallest absolute Gasteiger partial charge is 0.0920 e. The van der Waals surface area contributed by atoms with Crippen molar-refractivity contribution in [1.29, 1.82) is 0 Å². The third-order valence-corrected chi connectivity index (χ3v) is 2.10. The van der Waals surface area contributed by atoms with Crippen molar-refractivity contribution < 1.29 is 0 Å². The molecule has 0 unspecified atom stereocenters. The standard InChI is InChI=1S/C12H18N2/c1-5-7-10-11(8-6-2)13-14-12(10)9(3)4/h5-9H,1-4H3,(H,13,14)/b7-5-,8-6-. The largest absolute Gasteiger partial charge is 0.281 e. The Morgan fingerprint density at radius 1 is 1.14 bits per heavy atom. The SMILES string of the molecule is C/C=C\c1n[nH]c(C(C)C)c1/C=C\C. The van der Waals surface area contributed by atoms with Crippen molar-refractivity contribution in [2.24, 2.45) is 0 Å². The lowest BCUT2D eigenvalue weighted by molar-refractivity contribution is 0.808. The molecule has 2 heteroatoms. The molecule has 0 fully saturated rings. The highest BCUT2D eigenvalue weighted by atomic mass is 15.1. The summed E-state index contributed by atoms with van der Waals surface area (Å²) < 4.78 is 0. The predicted molar refractivity (Wildman–Crippen MR) is 62.1 cm³/mol. The van der Waals surface area contributed by atoms with E-state index in [2.05, 4.69) is 30.1 Å². The van der Waals surface area contributed by atoms with Crippen molar-refractivity contribution in [3.63, 3.8) is 0 Å². The van der Waals surface area contributed by atoms with E-state index < -0.39 is 0 Å². The summed E-state index contributed by atoms with van der Waals surface area (Å²) in [6.45, 7) is 8.36. The number of hydrogen-bond donors (Lipinski definition) is 1. The minimum Gasteiger partial charge on any atom is -0.281 e. The Labute approximate surface area is 85.7 Å². The van der Waals surface area contributed by atoms with Gasteiger partial charge in [-0.05, 0) is 25.8 Å². The van der Waals surface area contributed by atoms with E-state index in [1.807, 2.05) is 32.1 Å². The van der Waals surface area contributed by atoms with Gasteiger partial charge in [-0.3, -0.25) is 5.10 Å². The second-order valence-electron chi connectivity index (χ2n) is 3.59. The van der Waals surface area contributed by atoms with E-state index in [-0.39, 0.29) is 0 Å². The Morgan fingerprint density at radius 2 is 1.79 bits per heavy atom. The third-order valence-electron chi connectivity index (χ3n) is 2.10. The number of nitrogens with zero attached hydrogens (tertiary/aromatic N) is 1. The maximum Gasteiger partial charge on any atom is 0.0920 e. The van der Waals surface area contributed by atoms with Crippen molar-refractivity contribution in [2.75, 3.05) is 0 Å². The Hall–Kier alpha value is -1.31. The third kappa shape index (κ3) is 2.13. The molecule has 0 atom stereocenters. The van der Waals surface area contributed by atoms with Gasteiger partial charge in [-0.15, -0.1) is 0 Å². The Balaban J connectivity index is 3.19. The van der Waals surface area contributed by atoms with E-state index >= 15 is 0 Å². The molecule has 1 heterocycles. The first kappa shape index (κ1) is 10.8. The fourth-order valence-corrected chi connectivity index (χ4v) is 1.45. The summed E-state index contributed by atoms with van der Waals surface area (Å²) in [7, 11) is 0. The van der Waals surface area contributed by atoms with Crippen molar-refractivity contribution in [1.82, 2.24) is 10.2 Å². The predicted octanol–water partition coefficient (Wildman–Crippen LogP) is 3.60. The molecule has 2 nitrogen and oxygen atoms in total. The van der Waals surface area contributed by atoms with Gasteiger partial charge in [0, 0.05) is 11.3 Å².